The lowest BCUT2D eigenvalue weighted by Crippen LogP contribution is -2.11. The highest BCUT2D eigenvalue weighted by atomic mass is 32.1. The van der Waals surface area contributed by atoms with Crippen LogP contribution < -0.4 is 15.8 Å². The second kappa shape index (κ2) is 7.15. The zero-order chi connectivity index (χ0) is 18.7. The highest BCUT2D eigenvalue weighted by Crippen LogP contribution is 2.25. The van der Waals surface area contributed by atoms with Crippen molar-refractivity contribution in [1.29, 1.82) is 0 Å². The van der Waals surface area contributed by atoms with Crippen molar-refractivity contribution in [3.63, 3.8) is 0 Å². The Morgan fingerprint density at radius 2 is 2.04 bits per heavy atom. The van der Waals surface area contributed by atoms with E-state index in [-0.39, 0.29) is 23.4 Å². The molecule has 1 amide bonds. The molecule has 0 radical (unpaired) electrons. The van der Waals surface area contributed by atoms with Crippen LogP contribution in [0, 0.1) is 17.0 Å². The predicted molar refractivity (Wildman–Crippen MR) is 96.6 cm³/mol. The summed E-state index contributed by atoms with van der Waals surface area (Å²) in [7, 11) is 0. The van der Waals surface area contributed by atoms with Gasteiger partial charge in [-0.15, -0.1) is 11.3 Å². The lowest BCUT2D eigenvalue weighted by Gasteiger charge is -2.07. The number of aromatic nitrogens is 2. The average Bonchev–Trinajstić information content (AvgIpc) is 3.02. The molecule has 132 valence electrons. The summed E-state index contributed by atoms with van der Waals surface area (Å²) in [6.45, 7) is 1.87. The number of nitrogen functional groups attached to an aromatic ring is 1. The number of nitro groups is 1. The van der Waals surface area contributed by atoms with Crippen molar-refractivity contribution in [3.05, 3.63) is 62.5 Å². The Hall–Kier alpha value is -3.53. The van der Waals surface area contributed by atoms with E-state index in [2.05, 4.69) is 15.3 Å². The molecule has 9 nitrogen and oxygen atoms in total. The van der Waals surface area contributed by atoms with Crippen LogP contribution in [0.3, 0.4) is 0 Å². The van der Waals surface area contributed by atoms with Crippen molar-refractivity contribution >= 4 is 34.4 Å². The number of rotatable bonds is 5. The SMILES string of the molecule is Cc1ccsc1C(=O)Nc1ccc(Oc2ncc([N+](=O)[O-])c(N)n2)cc1. The Labute approximate surface area is 151 Å². The Kier molecular flexibility index (Phi) is 4.76. The minimum absolute atomic E-state index is 0.112. The van der Waals surface area contributed by atoms with E-state index in [1.165, 1.54) is 11.3 Å². The van der Waals surface area contributed by atoms with E-state index < -0.39 is 4.92 Å². The summed E-state index contributed by atoms with van der Waals surface area (Å²) in [5.74, 6) is -0.0728. The van der Waals surface area contributed by atoms with Gasteiger partial charge in [-0.2, -0.15) is 9.97 Å². The molecular weight excluding hydrogens is 358 g/mol. The van der Waals surface area contributed by atoms with Gasteiger partial charge in [-0.3, -0.25) is 14.9 Å². The van der Waals surface area contributed by atoms with Gasteiger partial charge < -0.3 is 15.8 Å². The van der Waals surface area contributed by atoms with Gasteiger partial charge in [0, 0.05) is 5.69 Å². The Morgan fingerprint density at radius 3 is 2.62 bits per heavy atom. The smallest absolute Gasteiger partial charge is 0.329 e. The zero-order valence-corrected chi connectivity index (χ0v) is 14.3. The van der Waals surface area contributed by atoms with E-state index in [1.54, 1.807) is 24.3 Å². The number of anilines is 2. The van der Waals surface area contributed by atoms with Crippen LogP contribution >= 0.6 is 11.3 Å². The van der Waals surface area contributed by atoms with Crippen LogP contribution in [-0.2, 0) is 0 Å². The average molecular weight is 371 g/mol. The number of thiophene rings is 1. The molecular formula is C16H13N5O4S. The number of benzene rings is 1. The van der Waals surface area contributed by atoms with Crippen molar-refractivity contribution in [2.24, 2.45) is 0 Å². The summed E-state index contributed by atoms with van der Waals surface area (Å²) in [5, 5.41) is 15.3. The molecule has 0 aliphatic rings. The molecule has 3 rings (SSSR count). The van der Waals surface area contributed by atoms with Crippen molar-refractivity contribution in [2.45, 2.75) is 6.92 Å². The molecule has 0 spiro atoms. The normalized spacial score (nSPS) is 10.3. The first-order valence-corrected chi connectivity index (χ1v) is 8.22. The van der Waals surface area contributed by atoms with Crippen molar-refractivity contribution < 1.29 is 14.5 Å². The molecule has 0 atom stereocenters. The molecule has 26 heavy (non-hydrogen) atoms. The first-order valence-electron chi connectivity index (χ1n) is 7.34. The number of nitrogens with two attached hydrogens (primary N) is 1. The summed E-state index contributed by atoms with van der Waals surface area (Å²) >= 11 is 1.37. The molecule has 1 aromatic carbocycles. The van der Waals surface area contributed by atoms with Gasteiger partial charge in [0.05, 0.1) is 9.80 Å². The van der Waals surface area contributed by atoms with Gasteiger partial charge in [-0.1, -0.05) is 0 Å². The zero-order valence-electron chi connectivity index (χ0n) is 13.5. The maximum absolute atomic E-state index is 12.2. The van der Waals surface area contributed by atoms with Gasteiger partial charge in [0.2, 0.25) is 5.82 Å². The molecule has 2 heterocycles. The highest BCUT2D eigenvalue weighted by Gasteiger charge is 2.15. The number of aryl methyl sites for hydroxylation is 1. The summed E-state index contributed by atoms with van der Waals surface area (Å²) in [6.07, 6.45) is 0.982. The monoisotopic (exact) mass is 371 g/mol. The van der Waals surface area contributed by atoms with Crippen LogP contribution in [-0.4, -0.2) is 20.8 Å². The summed E-state index contributed by atoms with van der Waals surface area (Å²) < 4.78 is 5.41. The van der Waals surface area contributed by atoms with Gasteiger partial charge in [-0.05, 0) is 48.2 Å². The van der Waals surface area contributed by atoms with Crippen LogP contribution in [0.4, 0.5) is 17.2 Å². The lowest BCUT2D eigenvalue weighted by atomic mass is 10.2. The molecule has 2 aromatic heterocycles. The quantitative estimate of drug-likeness (QED) is 0.518. The molecule has 0 aliphatic carbocycles. The fraction of sp³-hybridized carbons (Fsp3) is 0.0625. The molecule has 3 N–H and O–H groups in total. The van der Waals surface area contributed by atoms with Crippen molar-refractivity contribution in [3.8, 4) is 11.8 Å². The second-order valence-electron chi connectivity index (χ2n) is 5.19. The molecule has 0 fully saturated rings. The number of carbonyl (C=O) groups excluding carboxylic acids is 1. The standard InChI is InChI=1S/C16H13N5O4S/c1-9-6-7-26-13(9)15(22)19-10-2-4-11(5-3-10)25-16-18-8-12(21(23)24)14(17)20-16/h2-8H,1H3,(H,19,22)(H2,17,18,20). The maximum atomic E-state index is 12.2. The first-order chi connectivity index (χ1) is 12.4. The topological polar surface area (TPSA) is 133 Å². The molecule has 0 saturated carbocycles. The van der Waals surface area contributed by atoms with Gasteiger partial charge in [0.25, 0.3) is 5.91 Å². The van der Waals surface area contributed by atoms with Crippen LogP contribution in [0.25, 0.3) is 0 Å². The van der Waals surface area contributed by atoms with Gasteiger partial charge in [-0.25, -0.2) is 0 Å². The molecule has 0 saturated heterocycles. The van der Waals surface area contributed by atoms with Crippen LogP contribution in [0.15, 0.2) is 41.9 Å². The summed E-state index contributed by atoms with van der Waals surface area (Å²) in [5.41, 5.74) is 6.62. The molecule has 0 aliphatic heterocycles. The fourth-order valence-electron chi connectivity index (χ4n) is 2.07. The second-order valence-corrected chi connectivity index (χ2v) is 6.11. The van der Waals surface area contributed by atoms with Gasteiger partial charge in [0.1, 0.15) is 11.9 Å². The van der Waals surface area contributed by atoms with E-state index in [4.69, 9.17) is 10.5 Å². The number of ether oxygens (including phenoxy) is 1. The third kappa shape index (κ3) is 3.75. The lowest BCUT2D eigenvalue weighted by molar-refractivity contribution is -0.384. The third-order valence-corrected chi connectivity index (χ3v) is 4.38. The molecule has 3 aromatic rings. The Morgan fingerprint density at radius 1 is 1.31 bits per heavy atom. The van der Waals surface area contributed by atoms with E-state index in [1.807, 2.05) is 18.4 Å². The minimum Gasteiger partial charge on any atom is -0.424 e. The summed E-state index contributed by atoms with van der Waals surface area (Å²) in [4.78, 5) is 30.3. The number of carbonyl (C=O) groups is 1. The maximum Gasteiger partial charge on any atom is 0.329 e. The number of nitrogens with zero attached hydrogens (tertiary/aromatic N) is 3. The third-order valence-electron chi connectivity index (χ3n) is 3.36. The first kappa shape index (κ1) is 17.3. The van der Waals surface area contributed by atoms with Gasteiger partial charge in [0.15, 0.2) is 0 Å². The van der Waals surface area contributed by atoms with Crippen molar-refractivity contribution in [2.75, 3.05) is 11.1 Å². The number of hydrogen-bond acceptors (Lipinski definition) is 8. The predicted octanol–water partition coefficient (Wildman–Crippen LogP) is 3.38. The molecule has 10 heteroatoms. The van der Waals surface area contributed by atoms with Gasteiger partial charge >= 0.3 is 11.7 Å². The van der Waals surface area contributed by atoms with Crippen LogP contribution in [0.2, 0.25) is 0 Å². The fourth-order valence-corrected chi connectivity index (χ4v) is 2.89. The molecule has 0 bridgehead atoms. The van der Waals surface area contributed by atoms with E-state index in [9.17, 15) is 14.9 Å². The van der Waals surface area contributed by atoms with E-state index >= 15 is 0 Å². The van der Waals surface area contributed by atoms with Crippen LogP contribution in [0.5, 0.6) is 11.8 Å². The Bertz CT molecular complexity index is 971. The summed E-state index contributed by atoms with van der Waals surface area (Å²) in [6, 6.07) is 8.30. The number of amides is 1. The number of nitrogens with one attached hydrogen (secondary N) is 1. The van der Waals surface area contributed by atoms with E-state index in [0.717, 1.165) is 11.8 Å². The van der Waals surface area contributed by atoms with Crippen LogP contribution in [0.1, 0.15) is 15.2 Å². The Balaban J connectivity index is 1.68. The van der Waals surface area contributed by atoms with E-state index in [0.29, 0.717) is 16.3 Å². The van der Waals surface area contributed by atoms with Crippen molar-refractivity contribution in [1.82, 2.24) is 9.97 Å². The largest absolute Gasteiger partial charge is 0.424 e. The molecule has 0 unspecified atom stereocenters. The number of hydrogen-bond donors (Lipinski definition) is 2. The minimum atomic E-state index is -0.675. The highest BCUT2D eigenvalue weighted by molar-refractivity contribution is 7.12.